The van der Waals surface area contributed by atoms with Gasteiger partial charge in [-0.25, -0.2) is 9.48 Å². The van der Waals surface area contributed by atoms with Gasteiger partial charge in [-0.1, -0.05) is 54.1 Å². The average Bonchev–Trinajstić information content (AvgIpc) is 3.15. The van der Waals surface area contributed by atoms with E-state index >= 15 is 0 Å². The Bertz CT molecular complexity index is 1290. The molecule has 0 fully saturated rings. The number of rotatable bonds is 6. The summed E-state index contributed by atoms with van der Waals surface area (Å²) in [5, 5.41) is 10.7. The largest absolute Gasteiger partial charge is 0.493 e. The van der Waals surface area contributed by atoms with Gasteiger partial charge < -0.3 is 25.8 Å². The number of ether oxygens (including phenoxy) is 2. The van der Waals surface area contributed by atoms with Gasteiger partial charge in [-0.2, -0.15) is 5.10 Å². The number of urea groups is 1. The van der Waals surface area contributed by atoms with E-state index < -0.39 is 6.03 Å². The van der Waals surface area contributed by atoms with E-state index in [4.69, 9.17) is 26.8 Å². The molecular formula is C24H22ClN5O3. The molecule has 0 aliphatic carbocycles. The minimum Gasteiger partial charge on any atom is -0.493 e. The number of benzene rings is 3. The Balaban J connectivity index is 1.69. The van der Waals surface area contributed by atoms with E-state index in [-0.39, 0.29) is 5.82 Å². The van der Waals surface area contributed by atoms with Crippen LogP contribution in [0.4, 0.5) is 22.0 Å². The summed E-state index contributed by atoms with van der Waals surface area (Å²) in [6.07, 6.45) is 0. The van der Waals surface area contributed by atoms with Crippen LogP contribution in [0.3, 0.4) is 0 Å². The van der Waals surface area contributed by atoms with Gasteiger partial charge in [0, 0.05) is 17.3 Å². The fourth-order valence-corrected chi connectivity index (χ4v) is 3.57. The zero-order valence-corrected chi connectivity index (χ0v) is 18.8. The molecule has 0 saturated heterocycles. The first-order valence-electron chi connectivity index (χ1n) is 10.0. The fourth-order valence-electron chi connectivity index (χ4n) is 3.35. The molecule has 9 heteroatoms. The van der Waals surface area contributed by atoms with Crippen molar-refractivity contribution in [3.05, 3.63) is 77.8 Å². The van der Waals surface area contributed by atoms with Crippen LogP contribution >= 0.6 is 11.6 Å². The molecule has 4 aromatic rings. The van der Waals surface area contributed by atoms with Crippen LogP contribution in [0.2, 0.25) is 5.02 Å². The third-order valence-corrected chi connectivity index (χ3v) is 5.25. The van der Waals surface area contributed by atoms with E-state index in [0.717, 1.165) is 5.56 Å². The van der Waals surface area contributed by atoms with Gasteiger partial charge in [-0.05, 0) is 24.3 Å². The second-order valence-corrected chi connectivity index (χ2v) is 7.39. The van der Waals surface area contributed by atoms with Crippen molar-refractivity contribution in [1.29, 1.82) is 0 Å². The molecule has 0 radical (unpaired) electrons. The minimum absolute atomic E-state index is 0.240. The molecule has 33 heavy (non-hydrogen) atoms. The van der Waals surface area contributed by atoms with Crippen molar-refractivity contribution >= 4 is 34.8 Å². The van der Waals surface area contributed by atoms with Crippen molar-refractivity contribution < 1.29 is 14.3 Å². The number of carbonyl (C=O) groups excluding carboxylic acids is 1. The summed E-state index contributed by atoms with van der Waals surface area (Å²) in [6, 6.07) is 21.2. The second-order valence-electron chi connectivity index (χ2n) is 6.99. The SMILES string of the molecule is COc1ccc(NC(=O)Nc2c(-c3ccccc3)nn(-c3ccccc3Cl)c2N)cc1OC. The van der Waals surface area contributed by atoms with Crippen LogP contribution in [0.5, 0.6) is 11.5 Å². The number of hydrogen-bond acceptors (Lipinski definition) is 5. The van der Waals surface area contributed by atoms with Crippen molar-refractivity contribution in [1.82, 2.24) is 9.78 Å². The topological polar surface area (TPSA) is 103 Å². The molecular weight excluding hydrogens is 442 g/mol. The van der Waals surface area contributed by atoms with Gasteiger partial charge in [0.1, 0.15) is 11.4 Å². The normalized spacial score (nSPS) is 10.5. The minimum atomic E-state index is -0.496. The van der Waals surface area contributed by atoms with Gasteiger partial charge in [0.15, 0.2) is 17.3 Å². The van der Waals surface area contributed by atoms with E-state index in [1.165, 1.54) is 11.8 Å². The molecule has 0 aliphatic rings. The Morgan fingerprint density at radius 2 is 1.64 bits per heavy atom. The first-order chi connectivity index (χ1) is 16.0. The first kappa shape index (κ1) is 22.0. The number of nitrogens with zero attached hydrogens (tertiary/aromatic N) is 2. The van der Waals surface area contributed by atoms with E-state index in [1.807, 2.05) is 42.5 Å². The van der Waals surface area contributed by atoms with Crippen molar-refractivity contribution in [2.75, 3.05) is 30.6 Å². The molecule has 2 amide bonds. The molecule has 0 aliphatic heterocycles. The number of halogens is 1. The van der Waals surface area contributed by atoms with Gasteiger partial charge in [0.05, 0.1) is 24.9 Å². The highest BCUT2D eigenvalue weighted by molar-refractivity contribution is 6.32. The molecule has 0 spiro atoms. The molecule has 0 saturated carbocycles. The predicted octanol–water partition coefficient (Wildman–Crippen LogP) is 5.44. The highest BCUT2D eigenvalue weighted by atomic mass is 35.5. The summed E-state index contributed by atoms with van der Waals surface area (Å²) < 4.78 is 12.0. The molecule has 1 heterocycles. The number of nitrogen functional groups attached to an aromatic ring is 1. The van der Waals surface area contributed by atoms with Crippen LogP contribution in [0.1, 0.15) is 0 Å². The maximum atomic E-state index is 12.9. The summed E-state index contributed by atoms with van der Waals surface area (Å²) in [5.74, 6) is 1.29. The fraction of sp³-hybridized carbons (Fsp3) is 0.0833. The summed E-state index contributed by atoms with van der Waals surface area (Å²) in [7, 11) is 3.07. The van der Waals surface area contributed by atoms with Gasteiger partial charge >= 0.3 is 6.03 Å². The lowest BCUT2D eigenvalue weighted by Crippen LogP contribution is -2.20. The standard InChI is InChI=1S/C24H22ClN5O3/c1-32-19-13-12-16(14-20(19)33-2)27-24(31)28-22-21(15-8-4-3-5-9-15)29-30(23(22)26)18-11-7-6-10-17(18)25/h3-14H,26H2,1-2H3,(H2,27,28,31). The van der Waals surface area contributed by atoms with Crippen molar-refractivity contribution in [2.45, 2.75) is 0 Å². The third kappa shape index (κ3) is 4.56. The smallest absolute Gasteiger partial charge is 0.323 e. The Hall–Kier alpha value is -4.17. The van der Waals surface area contributed by atoms with Crippen LogP contribution in [0, 0.1) is 0 Å². The number of hydrogen-bond donors (Lipinski definition) is 3. The first-order valence-corrected chi connectivity index (χ1v) is 10.4. The van der Waals surface area contributed by atoms with Crippen molar-refractivity contribution in [3.63, 3.8) is 0 Å². The number of nitrogens with two attached hydrogens (primary N) is 1. The molecule has 1 aromatic heterocycles. The highest BCUT2D eigenvalue weighted by Gasteiger charge is 2.21. The average molecular weight is 464 g/mol. The summed E-state index contributed by atoms with van der Waals surface area (Å²) >= 11 is 6.37. The third-order valence-electron chi connectivity index (χ3n) is 4.93. The lowest BCUT2D eigenvalue weighted by atomic mass is 10.1. The zero-order valence-electron chi connectivity index (χ0n) is 18.0. The number of aromatic nitrogens is 2. The molecule has 0 bridgehead atoms. The van der Waals surface area contributed by atoms with Crippen LogP contribution in [0.15, 0.2) is 72.8 Å². The number of nitrogens with one attached hydrogen (secondary N) is 2. The van der Waals surface area contributed by atoms with Crippen LogP contribution in [-0.2, 0) is 0 Å². The quantitative estimate of drug-likeness (QED) is 0.353. The molecule has 3 aromatic carbocycles. The van der Waals surface area contributed by atoms with Crippen LogP contribution in [0.25, 0.3) is 16.9 Å². The monoisotopic (exact) mass is 463 g/mol. The molecule has 168 valence electrons. The molecule has 4 rings (SSSR count). The van der Waals surface area contributed by atoms with Crippen LogP contribution in [-0.4, -0.2) is 30.0 Å². The van der Waals surface area contributed by atoms with E-state index in [1.54, 1.807) is 37.4 Å². The lowest BCUT2D eigenvalue weighted by molar-refractivity contribution is 0.262. The van der Waals surface area contributed by atoms with E-state index in [9.17, 15) is 4.79 Å². The Kier molecular flexibility index (Phi) is 6.37. The number of para-hydroxylation sites is 1. The number of anilines is 3. The van der Waals surface area contributed by atoms with Crippen molar-refractivity contribution in [3.8, 4) is 28.4 Å². The van der Waals surface area contributed by atoms with Gasteiger partial charge in [0.2, 0.25) is 0 Å². The summed E-state index contributed by atoms with van der Waals surface area (Å²) in [6.45, 7) is 0. The molecule has 0 atom stereocenters. The van der Waals surface area contributed by atoms with Gasteiger partial charge in [-0.15, -0.1) is 0 Å². The van der Waals surface area contributed by atoms with E-state index in [2.05, 4.69) is 15.7 Å². The Labute approximate surface area is 195 Å². The van der Waals surface area contributed by atoms with Crippen LogP contribution < -0.4 is 25.8 Å². The number of methoxy groups -OCH3 is 2. The predicted molar refractivity (Wildman–Crippen MR) is 131 cm³/mol. The second kappa shape index (κ2) is 9.54. The van der Waals surface area contributed by atoms with Crippen molar-refractivity contribution in [2.24, 2.45) is 0 Å². The van der Waals surface area contributed by atoms with E-state index in [0.29, 0.717) is 39.3 Å². The lowest BCUT2D eigenvalue weighted by Gasteiger charge is -2.12. The van der Waals surface area contributed by atoms with Gasteiger partial charge in [-0.3, -0.25) is 0 Å². The Morgan fingerprint density at radius 3 is 2.33 bits per heavy atom. The van der Waals surface area contributed by atoms with Gasteiger partial charge in [0.25, 0.3) is 0 Å². The maximum absolute atomic E-state index is 12.9. The zero-order chi connectivity index (χ0) is 23.4. The number of carbonyl (C=O) groups is 1. The maximum Gasteiger partial charge on any atom is 0.323 e. The summed E-state index contributed by atoms with van der Waals surface area (Å²) in [4.78, 5) is 12.9. The molecule has 8 nitrogen and oxygen atoms in total. The molecule has 0 unspecified atom stereocenters. The Morgan fingerprint density at radius 1 is 0.939 bits per heavy atom. The number of amides is 2. The molecule has 4 N–H and O–H groups in total. The highest BCUT2D eigenvalue weighted by Crippen LogP contribution is 2.36. The summed E-state index contributed by atoms with van der Waals surface area (Å²) in [5.41, 5.74) is 9.21.